The number of nitrogens with one attached hydrogen (secondary N) is 1. The van der Waals surface area contributed by atoms with Gasteiger partial charge in [0, 0.05) is 24.3 Å². The van der Waals surface area contributed by atoms with Crippen molar-refractivity contribution in [2.45, 2.75) is 24.2 Å². The Kier molecular flexibility index (Phi) is 6.76. The van der Waals surface area contributed by atoms with Crippen molar-refractivity contribution < 1.29 is 22.7 Å². The molecule has 0 atom stereocenters. The summed E-state index contributed by atoms with van der Waals surface area (Å²) < 4.78 is 37.3. The van der Waals surface area contributed by atoms with Crippen LogP contribution in [0.4, 0.5) is 5.69 Å². The van der Waals surface area contributed by atoms with Crippen LogP contribution in [0.3, 0.4) is 0 Å². The Labute approximate surface area is 171 Å². The predicted octanol–water partition coefficient (Wildman–Crippen LogP) is 3.17. The van der Waals surface area contributed by atoms with E-state index in [4.69, 9.17) is 9.47 Å². The number of carbonyl (C=O) groups excluding carboxylic acids is 1. The van der Waals surface area contributed by atoms with E-state index in [1.807, 2.05) is 0 Å². The number of rotatable bonds is 8. The van der Waals surface area contributed by atoms with Gasteiger partial charge in [-0.3, -0.25) is 4.79 Å². The molecule has 0 bridgehead atoms. The Morgan fingerprint density at radius 1 is 0.966 bits per heavy atom. The van der Waals surface area contributed by atoms with Crippen LogP contribution in [0.5, 0.6) is 11.5 Å². The van der Waals surface area contributed by atoms with Crippen molar-refractivity contribution >= 4 is 21.5 Å². The lowest BCUT2D eigenvalue weighted by Gasteiger charge is -2.25. The molecule has 1 saturated heterocycles. The van der Waals surface area contributed by atoms with Gasteiger partial charge in [-0.15, -0.1) is 0 Å². The number of piperidine rings is 1. The molecule has 8 heteroatoms. The SMILES string of the molecule is COc1ccc(C(=O)CNc2ccc(S(=O)(=O)N3CCCCC3)cc2)cc1OC. The molecule has 156 valence electrons. The number of methoxy groups -OCH3 is 2. The van der Waals surface area contributed by atoms with Crippen molar-refractivity contribution in [1.29, 1.82) is 0 Å². The fourth-order valence-electron chi connectivity index (χ4n) is 3.29. The summed E-state index contributed by atoms with van der Waals surface area (Å²) in [7, 11) is -0.399. The smallest absolute Gasteiger partial charge is 0.243 e. The van der Waals surface area contributed by atoms with Crippen LogP contribution in [0.1, 0.15) is 29.6 Å². The number of benzene rings is 2. The monoisotopic (exact) mass is 418 g/mol. The number of hydrogen-bond acceptors (Lipinski definition) is 6. The number of ether oxygens (including phenoxy) is 2. The average Bonchev–Trinajstić information content (AvgIpc) is 2.77. The fraction of sp³-hybridized carbons (Fsp3) is 0.381. The minimum Gasteiger partial charge on any atom is -0.493 e. The molecule has 2 aromatic carbocycles. The highest BCUT2D eigenvalue weighted by Gasteiger charge is 2.25. The minimum absolute atomic E-state index is 0.0771. The molecule has 29 heavy (non-hydrogen) atoms. The van der Waals surface area contributed by atoms with Crippen molar-refractivity contribution in [3.8, 4) is 11.5 Å². The van der Waals surface area contributed by atoms with Crippen LogP contribution >= 0.6 is 0 Å². The molecule has 0 amide bonds. The normalized spacial score (nSPS) is 15.0. The summed E-state index contributed by atoms with van der Waals surface area (Å²) in [5, 5.41) is 3.04. The molecular weight excluding hydrogens is 392 g/mol. The van der Waals surface area contributed by atoms with Gasteiger partial charge in [-0.05, 0) is 55.3 Å². The van der Waals surface area contributed by atoms with Gasteiger partial charge in [0.1, 0.15) is 0 Å². The molecule has 0 unspecified atom stereocenters. The maximum atomic E-state index is 12.7. The number of ketones is 1. The molecule has 2 aromatic rings. The molecule has 1 aliphatic rings. The molecule has 1 fully saturated rings. The lowest BCUT2D eigenvalue weighted by atomic mass is 10.1. The lowest BCUT2D eigenvalue weighted by Crippen LogP contribution is -2.35. The van der Waals surface area contributed by atoms with Crippen LogP contribution in [-0.4, -0.2) is 52.4 Å². The first-order chi connectivity index (χ1) is 14.0. The summed E-state index contributed by atoms with van der Waals surface area (Å²) in [6.07, 6.45) is 2.87. The molecule has 0 aromatic heterocycles. The zero-order valence-electron chi connectivity index (χ0n) is 16.7. The fourth-order valence-corrected chi connectivity index (χ4v) is 4.81. The Bertz CT molecular complexity index is 952. The summed E-state index contributed by atoms with van der Waals surface area (Å²) in [6.45, 7) is 1.22. The minimum atomic E-state index is -3.45. The maximum absolute atomic E-state index is 12.7. The van der Waals surface area contributed by atoms with Crippen molar-refractivity contribution in [3.05, 3.63) is 48.0 Å². The van der Waals surface area contributed by atoms with Crippen LogP contribution < -0.4 is 14.8 Å². The molecule has 0 radical (unpaired) electrons. The van der Waals surface area contributed by atoms with Gasteiger partial charge in [0.05, 0.1) is 25.7 Å². The van der Waals surface area contributed by atoms with Crippen molar-refractivity contribution in [1.82, 2.24) is 4.31 Å². The van der Waals surface area contributed by atoms with Crippen LogP contribution in [0, 0.1) is 0 Å². The molecule has 1 N–H and O–H groups in total. The van der Waals surface area contributed by atoms with Crippen LogP contribution in [0.25, 0.3) is 0 Å². The third-order valence-corrected chi connectivity index (χ3v) is 6.88. The van der Waals surface area contributed by atoms with E-state index in [-0.39, 0.29) is 17.2 Å². The number of hydrogen-bond donors (Lipinski definition) is 1. The van der Waals surface area contributed by atoms with Gasteiger partial charge in [0.15, 0.2) is 17.3 Å². The first-order valence-electron chi connectivity index (χ1n) is 9.55. The number of sulfonamides is 1. The maximum Gasteiger partial charge on any atom is 0.243 e. The van der Waals surface area contributed by atoms with E-state index in [9.17, 15) is 13.2 Å². The second-order valence-electron chi connectivity index (χ2n) is 6.84. The van der Waals surface area contributed by atoms with E-state index in [2.05, 4.69) is 5.32 Å². The number of anilines is 1. The topological polar surface area (TPSA) is 84.9 Å². The summed E-state index contributed by atoms with van der Waals surface area (Å²) in [4.78, 5) is 12.7. The predicted molar refractivity (Wildman–Crippen MR) is 111 cm³/mol. The quantitative estimate of drug-likeness (QED) is 0.663. The van der Waals surface area contributed by atoms with E-state index >= 15 is 0 Å². The molecule has 7 nitrogen and oxygen atoms in total. The number of Topliss-reactive ketones (excluding diaryl/α,β-unsaturated/α-hetero) is 1. The second kappa shape index (κ2) is 9.28. The molecule has 1 aliphatic heterocycles. The summed E-state index contributed by atoms with van der Waals surface area (Å²) in [6, 6.07) is 11.5. The summed E-state index contributed by atoms with van der Waals surface area (Å²) in [5.41, 5.74) is 1.18. The average molecular weight is 419 g/mol. The molecule has 3 rings (SSSR count). The summed E-state index contributed by atoms with van der Waals surface area (Å²) in [5.74, 6) is 0.934. The van der Waals surface area contributed by atoms with Gasteiger partial charge in [-0.1, -0.05) is 6.42 Å². The van der Waals surface area contributed by atoms with Crippen LogP contribution in [0.15, 0.2) is 47.4 Å². The molecular formula is C21H26N2O5S. The van der Waals surface area contributed by atoms with E-state index in [1.165, 1.54) is 14.2 Å². The highest BCUT2D eigenvalue weighted by Crippen LogP contribution is 2.28. The Balaban J connectivity index is 1.63. The van der Waals surface area contributed by atoms with Gasteiger partial charge in [-0.25, -0.2) is 8.42 Å². The van der Waals surface area contributed by atoms with Crippen molar-refractivity contribution in [2.24, 2.45) is 0 Å². The van der Waals surface area contributed by atoms with Gasteiger partial charge >= 0.3 is 0 Å². The first-order valence-corrected chi connectivity index (χ1v) is 11.0. The van der Waals surface area contributed by atoms with Gasteiger partial charge in [0.2, 0.25) is 10.0 Å². The number of nitrogens with zero attached hydrogens (tertiary/aromatic N) is 1. The third kappa shape index (κ3) is 4.89. The van der Waals surface area contributed by atoms with Crippen molar-refractivity contribution in [2.75, 3.05) is 39.2 Å². The van der Waals surface area contributed by atoms with Crippen molar-refractivity contribution in [3.63, 3.8) is 0 Å². The highest BCUT2D eigenvalue weighted by atomic mass is 32.2. The molecule has 1 heterocycles. The lowest BCUT2D eigenvalue weighted by molar-refractivity contribution is 0.101. The Morgan fingerprint density at radius 3 is 2.24 bits per heavy atom. The van der Waals surface area contributed by atoms with E-state index in [0.717, 1.165) is 19.3 Å². The van der Waals surface area contributed by atoms with E-state index in [0.29, 0.717) is 35.8 Å². The third-order valence-electron chi connectivity index (χ3n) is 4.97. The van der Waals surface area contributed by atoms with Crippen LogP contribution in [0.2, 0.25) is 0 Å². The summed E-state index contributed by atoms with van der Waals surface area (Å²) >= 11 is 0. The first kappa shape index (κ1) is 21.1. The largest absolute Gasteiger partial charge is 0.493 e. The van der Waals surface area contributed by atoms with Gasteiger partial charge < -0.3 is 14.8 Å². The zero-order chi connectivity index (χ0) is 20.9. The highest BCUT2D eigenvalue weighted by molar-refractivity contribution is 7.89. The molecule has 0 spiro atoms. The van der Waals surface area contributed by atoms with E-state index < -0.39 is 10.0 Å². The van der Waals surface area contributed by atoms with Gasteiger partial charge in [0.25, 0.3) is 0 Å². The van der Waals surface area contributed by atoms with Gasteiger partial charge in [-0.2, -0.15) is 4.31 Å². The Morgan fingerprint density at radius 2 is 1.62 bits per heavy atom. The number of carbonyl (C=O) groups is 1. The Hall–Kier alpha value is -2.58. The molecule has 0 saturated carbocycles. The second-order valence-corrected chi connectivity index (χ2v) is 8.77. The zero-order valence-corrected chi connectivity index (χ0v) is 17.5. The standard InChI is InChI=1S/C21H26N2O5S/c1-27-20-11-6-16(14-21(20)28-2)19(24)15-22-17-7-9-18(10-8-17)29(25,26)23-12-4-3-5-13-23/h6-11,14,22H,3-5,12-13,15H2,1-2H3. The van der Waals surface area contributed by atoms with Crippen LogP contribution in [-0.2, 0) is 10.0 Å². The molecule has 0 aliphatic carbocycles. The van der Waals surface area contributed by atoms with E-state index in [1.54, 1.807) is 46.8 Å².